The zero-order valence-corrected chi connectivity index (χ0v) is 10.3. The third kappa shape index (κ3) is 6.47. The molecule has 0 saturated carbocycles. The lowest BCUT2D eigenvalue weighted by molar-refractivity contribution is -0.131. The van der Waals surface area contributed by atoms with Gasteiger partial charge in [-0.3, -0.25) is 4.79 Å². The van der Waals surface area contributed by atoms with Crippen LogP contribution in [0.1, 0.15) is 26.7 Å². The van der Waals surface area contributed by atoms with Crippen LogP contribution in [0, 0.1) is 5.92 Å². The number of rotatable bonds is 7. The van der Waals surface area contributed by atoms with Gasteiger partial charge in [0.25, 0.3) is 0 Å². The van der Waals surface area contributed by atoms with Gasteiger partial charge >= 0.3 is 0 Å². The van der Waals surface area contributed by atoms with E-state index in [0.29, 0.717) is 18.9 Å². The molecule has 0 bridgehead atoms. The Labute approximate surface area is 92.8 Å². The Balaban J connectivity index is 3.85. The normalized spacial score (nSPS) is 12.9. The highest BCUT2D eigenvalue weighted by molar-refractivity contribution is 5.81. The fraction of sp³-hybridized carbons (Fsp3) is 0.909. The molecule has 90 valence electrons. The van der Waals surface area contributed by atoms with E-state index in [0.717, 1.165) is 13.0 Å². The fourth-order valence-electron chi connectivity index (χ4n) is 1.49. The van der Waals surface area contributed by atoms with Crippen LogP contribution >= 0.6 is 0 Å². The summed E-state index contributed by atoms with van der Waals surface area (Å²) in [4.78, 5) is 13.4. The molecule has 0 aromatic heterocycles. The summed E-state index contributed by atoms with van der Waals surface area (Å²) < 4.78 is 4.92. The maximum Gasteiger partial charge on any atom is 0.239 e. The number of carbonyl (C=O) groups excluding carboxylic acids is 1. The van der Waals surface area contributed by atoms with Crippen LogP contribution < -0.4 is 5.73 Å². The van der Waals surface area contributed by atoms with Gasteiger partial charge in [0.15, 0.2) is 0 Å². The van der Waals surface area contributed by atoms with E-state index in [9.17, 15) is 4.79 Å². The highest BCUT2D eigenvalue weighted by atomic mass is 16.5. The van der Waals surface area contributed by atoms with Crippen LogP contribution in [0.15, 0.2) is 0 Å². The Morgan fingerprint density at radius 2 is 2.07 bits per heavy atom. The van der Waals surface area contributed by atoms with Crippen molar-refractivity contribution >= 4 is 5.91 Å². The van der Waals surface area contributed by atoms with E-state index < -0.39 is 0 Å². The maximum absolute atomic E-state index is 11.7. The van der Waals surface area contributed by atoms with Crippen LogP contribution in [0.3, 0.4) is 0 Å². The first-order valence-corrected chi connectivity index (χ1v) is 5.48. The van der Waals surface area contributed by atoms with Gasteiger partial charge in [-0.15, -0.1) is 0 Å². The molecule has 0 aromatic carbocycles. The number of carbonyl (C=O) groups is 1. The minimum atomic E-state index is -0.385. The molecule has 2 N–H and O–H groups in total. The van der Waals surface area contributed by atoms with Gasteiger partial charge in [0, 0.05) is 27.3 Å². The number of nitrogens with two attached hydrogens (primary N) is 1. The molecule has 15 heavy (non-hydrogen) atoms. The largest absolute Gasteiger partial charge is 0.385 e. The number of hydrogen-bond acceptors (Lipinski definition) is 3. The highest BCUT2D eigenvalue weighted by Crippen LogP contribution is 2.02. The average Bonchev–Trinajstić information content (AvgIpc) is 2.15. The van der Waals surface area contributed by atoms with Crippen molar-refractivity contribution in [2.24, 2.45) is 11.7 Å². The Morgan fingerprint density at radius 1 is 1.47 bits per heavy atom. The van der Waals surface area contributed by atoms with Crippen molar-refractivity contribution in [1.82, 2.24) is 4.90 Å². The number of likely N-dealkylation sites (N-methyl/N-ethyl adjacent to an activating group) is 1. The summed E-state index contributed by atoms with van der Waals surface area (Å²) in [7, 11) is 3.46. The van der Waals surface area contributed by atoms with Crippen molar-refractivity contribution in [3.8, 4) is 0 Å². The van der Waals surface area contributed by atoms with Gasteiger partial charge in [-0.1, -0.05) is 13.8 Å². The van der Waals surface area contributed by atoms with Crippen LogP contribution in [0.25, 0.3) is 0 Å². The van der Waals surface area contributed by atoms with Crippen LogP contribution in [-0.2, 0) is 9.53 Å². The fourth-order valence-corrected chi connectivity index (χ4v) is 1.49. The molecule has 1 amide bonds. The first-order valence-electron chi connectivity index (χ1n) is 5.48. The molecule has 0 aliphatic heterocycles. The summed E-state index contributed by atoms with van der Waals surface area (Å²) in [5.41, 5.74) is 5.79. The van der Waals surface area contributed by atoms with Crippen molar-refractivity contribution < 1.29 is 9.53 Å². The Morgan fingerprint density at radius 3 is 2.53 bits per heavy atom. The monoisotopic (exact) mass is 216 g/mol. The molecule has 0 aliphatic rings. The lowest BCUT2D eigenvalue weighted by atomic mass is 10.1. The van der Waals surface area contributed by atoms with E-state index in [1.807, 2.05) is 0 Å². The van der Waals surface area contributed by atoms with E-state index in [-0.39, 0.29) is 11.9 Å². The molecule has 1 unspecified atom stereocenters. The summed E-state index contributed by atoms with van der Waals surface area (Å²) in [6.45, 7) is 5.59. The van der Waals surface area contributed by atoms with E-state index in [4.69, 9.17) is 10.5 Å². The van der Waals surface area contributed by atoms with Gasteiger partial charge in [0.2, 0.25) is 5.91 Å². The minimum absolute atomic E-state index is 0.0276. The molecular weight excluding hydrogens is 192 g/mol. The third-order valence-corrected chi connectivity index (χ3v) is 2.20. The Hall–Kier alpha value is -0.610. The second-order valence-corrected chi connectivity index (χ2v) is 4.35. The molecule has 4 nitrogen and oxygen atoms in total. The third-order valence-electron chi connectivity index (χ3n) is 2.20. The van der Waals surface area contributed by atoms with E-state index in [1.54, 1.807) is 19.1 Å². The number of ether oxygens (including phenoxy) is 1. The van der Waals surface area contributed by atoms with Gasteiger partial charge in [0.05, 0.1) is 6.04 Å². The predicted octanol–water partition coefficient (Wildman–Crippen LogP) is 0.855. The summed E-state index contributed by atoms with van der Waals surface area (Å²) >= 11 is 0. The molecule has 0 fully saturated rings. The zero-order valence-electron chi connectivity index (χ0n) is 10.3. The van der Waals surface area contributed by atoms with Gasteiger partial charge in [-0.05, 0) is 18.8 Å². The average molecular weight is 216 g/mol. The molecule has 0 heterocycles. The van der Waals surface area contributed by atoms with E-state index in [1.165, 1.54) is 0 Å². The molecule has 4 heteroatoms. The Bertz CT molecular complexity index is 183. The second-order valence-electron chi connectivity index (χ2n) is 4.35. The molecular formula is C11H24N2O2. The van der Waals surface area contributed by atoms with Crippen LogP contribution in [0.2, 0.25) is 0 Å². The second kappa shape index (κ2) is 7.65. The molecule has 0 aliphatic carbocycles. The lowest BCUT2D eigenvalue weighted by Crippen LogP contribution is -2.43. The number of methoxy groups -OCH3 is 1. The molecule has 0 radical (unpaired) electrons. The van der Waals surface area contributed by atoms with E-state index in [2.05, 4.69) is 13.8 Å². The summed E-state index contributed by atoms with van der Waals surface area (Å²) in [5, 5.41) is 0. The standard InChI is InChI=1S/C11H24N2O2/c1-9(2)8-13(3)11(14)10(12)6-5-7-15-4/h9-10H,5-8,12H2,1-4H3. The topological polar surface area (TPSA) is 55.6 Å². The number of nitrogens with zero attached hydrogens (tertiary/aromatic N) is 1. The van der Waals surface area contributed by atoms with Crippen LogP contribution in [0.5, 0.6) is 0 Å². The van der Waals surface area contributed by atoms with E-state index >= 15 is 0 Å². The van der Waals surface area contributed by atoms with Gasteiger partial charge in [0.1, 0.15) is 0 Å². The molecule has 0 saturated heterocycles. The van der Waals surface area contributed by atoms with Crippen molar-refractivity contribution in [1.29, 1.82) is 0 Å². The maximum atomic E-state index is 11.7. The Kier molecular flexibility index (Phi) is 7.34. The lowest BCUT2D eigenvalue weighted by Gasteiger charge is -2.22. The smallest absolute Gasteiger partial charge is 0.239 e. The van der Waals surface area contributed by atoms with Crippen molar-refractivity contribution in [2.75, 3.05) is 27.3 Å². The summed E-state index contributed by atoms with van der Waals surface area (Å²) in [6, 6.07) is -0.385. The van der Waals surface area contributed by atoms with Crippen molar-refractivity contribution in [3.63, 3.8) is 0 Å². The SMILES string of the molecule is COCCCC(N)C(=O)N(C)CC(C)C. The number of amides is 1. The predicted molar refractivity (Wildman–Crippen MR) is 61.6 cm³/mol. The zero-order chi connectivity index (χ0) is 11.8. The summed E-state index contributed by atoms with van der Waals surface area (Å²) in [5.74, 6) is 0.505. The van der Waals surface area contributed by atoms with Crippen LogP contribution in [0.4, 0.5) is 0 Å². The first kappa shape index (κ1) is 14.4. The molecule has 1 atom stereocenters. The summed E-state index contributed by atoms with van der Waals surface area (Å²) in [6.07, 6.45) is 1.52. The molecule has 0 spiro atoms. The molecule has 0 rings (SSSR count). The molecule has 0 aromatic rings. The highest BCUT2D eigenvalue weighted by Gasteiger charge is 2.17. The number of hydrogen-bond donors (Lipinski definition) is 1. The van der Waals surface area contributed by atoms with Crippen molar-refractivity contribution in [3.05, 3.63) is 0 Å². The van der Waals surface area contributed by atoms with Gasteiger partial charge in [-0.25, -0.2) is 0 Å². The first-order chi connectivity index (χ1) is 6.99. The van der Waals surface area contributed by atoms with Crippen molar-refractivity contribution in [2.45, 2.75) is 32.7 Å². The quantitative estimate of drug-likeness (QED) is 0.642. The minimum Gasteiger partial charge on any atom is -0.385 e. The van der Waals surface area contributed by atoms with Gasteiger partial charge in [-0.2, -0.15) is 0 Å². The van der Waals surface area contributed by atoms with Crippen LogP contribution in [-0.4, -0.2) is 44.2 Å². The van der Waals surface area contributed by atoms with Gasteiger partial charge < -0.3 is 15.4 Å².